The Kier molecular flexibility index (Phi) is 5.38. The molecule has 20 heavy (non-hydrogen) atoms. The lowest BCUT2D eigenvalue weighted by atomic mass is 9.87. The second-order valence-electron chi connectivity index (χ2n) is 6.38. The molecular formula is C19H26O. The van der Waals surface area contributed by atoms with Crippen LogP contribution in [-0.4, -0.2) is 5.11 Å². The summed E-state index contributed by atoms with van der Waals surface area (Å²) in [4.78, 5) is 0. The van der Waals surface area contributed by atoms with Gasteiger partial charge in [-0.25, -0.2) is 0 Å². The van der Waals surface area contributed by atoms with Crippen molar-refractivity contribution >= 4 is 0 Å². The predicted molar refractivity (Wildman–Crippen MR) is 87.5 cm³/mol. The van der Waals surface area contributed by atoms with E-state index in [1.807, 2.05) is 12.1 Å². The average Bonchev–Trinajstić information content (AvgIpc) is 2.34. The third-order valence-corrected chi connectivity index (χ3v) is 3.40. The molecule has 0 atom stereocenters. The molecule has 1 heteroatoms. The summed E-state index contributed by atoms with van der Waals surface area (Å²) in [5, 5.41) is 9.02. The predicted octanol–water partition coefficient (Wildman–Crippen LogP) is 5.30. The van der Waals surface area contributed by atoms with E-state index >= 15 is 0 Å². The van der Waals surface area contributed by atoms with Gasteiger partial charge in [0.2, 0.25) is 0 Å². The van der Waals surface area contributed by atoms with E-state index < -0.39 is 0 Å². The van der Waals surface area contributed by atoms with Crippen LogP contribution in [0.5, 0.6) is 5.75 Å². The van der Waals surface area contributed by atoms with Crippen molar-refractivity contribution in [1.82, 2.24) is 0 Å². The third-order valence-electron chi connectivity index (χ3n) is 3.40. The van der Waals surface area contributed by atoms with Gasteiger partial charge < -0.3 is 5.11 Å². The van der Waals surface area contributed by atoms with E-state index in [-0.39, 0.29) is 5.41 Å². The Hall–Kier alpha value is -1.76. The van der Waals surface area contributed by atoms with Crippen LogP contribution in [0.25, 0.3) is 0 Å². The molecule has 0 saturated carbocycles. The molecule has 0 aliphatic rings. The normalized spacial score (nSPS) is 10.7. The van der Waals surface area contributed by atoms with Crippen molar-refractivity contribution < 1.29 is 5.11 Å². The molecule has 108 valence electrons. The van der Waals surface area contributed by atoms with Crippen molar-refractivity contribution in [2.24, 2.45) is 0 Å². The van der Waals surface area contributed by atoms with E-state index in [0.29, 0.717) is 5.75 Å². The van der Waals surface area contributed by atoms with Crippen molar-refractivity contribution in [1.29, 1.82) is 0 Å². The fourth-order valence-corrected chi connectivity index (χ4v) is 1.85. The van der Waals surface area contributed by atoms with Gasteiger partial charge in [0.15, 0.2) is 0 Å². The van der Waals surface area contributed by atoms with Gasteiger partial charge in [-0.3, -0.25) is 0 Å². The van der Waals surface area contributed by atoms with E-state index in [9.17, 15) is 0 Å². The van der Waals surface area contributed by atoms with Gasteiger partial charge in [0.25, 0.3) is 0 Å². The van der Waals surface area contributed by atoms with E-state index in [4.69, 9.17) is 5.11 Å². The fraction of sp³-hybridized carbons (Fsp3) is 0.368. The lowest BCUT2D eigenvalue weighted by Crippen LogP contribution is -2.10. The number of hydrogen-bond donors (Lipinski definition) is 1. The van der Waals surface area contributed by atoms with Gasteiger partial charge >= 0.3 is 0 Å². The van der Waals surface area contributed by atoms with Crippen molar-refractivity contribution in [3.8, 4) is 5.75 Å². The zero-order valence-corrected chi connectivity index (χ0v) is 13.5. The second kappa shape index (κ2) is 6.60. The molecule has 0 unspecified atom stereocenters. The van der Waals surface area contributed by atoms with Crippen LogP contribution in [0.3, 0.4) is 0 Å². The van der Waals surface area contributed by atoms with Crippen molar-refractivity contribution in [3.05, 3.63) is 64.7 Å². The summed E-state index contributed by atoms with van der Waals surface area (Å²) in [7, 11) is 0. The molecule has 0 aromatic heterocycles. The fourth-order valence-electron chi connectivity index (χ4n) is 1.85. The van der Waals surface area contributed by atoms with Crippen LogP contribution < -0.4 is 0 Å². The third kappa shape index (κ3) is 5.08. The quantitative estimate of drug-likeness (QED) is 0.688. The summed E-state index contributed by atoms with van der Waals surface area (Å²) in [5.41, 5.74) is 5.53. The second-order valence-corrected chi connectivity index (χ2v) is 6.38. The number of phenols is 1. The van der Waals surface area contributed by atoms with Crippen LogP contribution in [0.15, 0.2) is 42.5 Å². The molecule has 0 saturated heterocycles. The zero-order valence-electron chi connectivity index (χ0n) is 13.5. The number of phenolic OH excluding ortho intramolecular Hbond substituents is 1. The Morgan fingerprint density at radius 2 is 1.30 bits per heavy atom. The van der Waals surface area contributed by atoms with E-state index in [1.165, 1.54) is 22.3 Å². The molecule has 2 aromatic carbocycles. The maximum absolute atomic E-state index is 9.02. The van der Waals surface area contributed by atoms with Crippen molar-refractivity contribution in [2.75, 3.05) is 0 Å². The first-order valence-corrected chi connectivity index (χ1v) is 7.03. The highest BCUT2D eigenvalue weighted by molar-refractivity contribution is 5.30. The topological polar surface area (TPSA) is 20.2 Å². The van der Waals surface area contributed by atoms with E-state index in [0.717, 1.165) is 0 Å². The smallest absolute Gasteiger partial charge is 0.115 e. The standard InChI is InChI=1S/C10H14O.C9H12/c1-10(2,3)8-4-6-9(11)7-5-8;1-7-4-5-8(2)9(3)6-7/h4-7,11H,1-3H3;4-6H,1-3H3. The molecule has 2 aromatic rings. The van der Waals surface area contributed by atoms with Crippen LogP contribution in [0.4, 0.5) is 0 Å². The number of aromatic hydroxyl groups is 1. The molecule has 1 nitrogen and oxygen atoms in total. The van der Waals surface area contributed by atoms with Crippen molar-refractivity contribution in [3.63, 3.8) is 0 Å². The van der Waals surface area contributed by atoms with Gasteiger partial charge in [0, 0.05) is 0 Å². The van der Waals surface area contributed by atoms with E-state index in [2.05, 4.69) is 59.7 Å². The summed E-state index contributed by atoms with van der Waals surface area (Å²) in [6.07, 6.45) is 0. The highest BCUT2D eigenvalue weighted by Crippen LogP contribution is 2.23. The summed E-state index contributed by atoms with van der Waals surface area (Å²) in [5.74, 6) is 0.331. The summed E-state index contributed by atoms with van der Waals surface area (Å²) < 4.78 is 0. The number of rotatable bonds is 0. The molecule has 0 radical (unpaired) electrons. The minimum absolute atomic E-state index is 0.174. The number of benzene rings is 2. The number of aryl methyl sites for hydroxylation is 3. The van der Waals surface area contributed by atoms with Crippen LogP contribution in [0.1, 0.15) is 43.0 Å². The van der Waals surface area contributed by atoms with Gasteiger partial charge in [0.05, 0.1) is 0 Å². The monoisotopic (exact) mass is 270 g/mol. The Labute approximate surface area is 123 Å². The summed E-state index contributed by atoms with van der Waals surface area (Å²) >= 11 is 0. The van der Waals surface area contributed by atoms with Gasteiger partial charge in [-0.05, 0) is 55.0 Å². The van der Waals surface area contributed by atoms with Gasteiger partial charge in [-0.2, -0.15) is 0 Å². The van der Waals surface area contributed by atoms with Crippen LogP contribution in [0.2, 0.25) is 0 Å². The molecule has 0 aliphatic heterocycles. The minimum Gasteiger partial charge on any atom is -0.508 e. The SMILES string of the molecule is CC(C)(C)c1ccc(O)cc1.Cc1ccc(C)c(C)c1. The first-order chi connectivity index (χ1) is 9.20. The van der Waals surface area contributed by atoms with Crippen LogP contribution >= 0.6 is 0 Å². The maximum atomic E-state index is 9.02. The van der Waals surface area contributed by atoms with Crippen LogP contribution in [-0.2, 0) is 5.41 Å². The average molecular weight is 270 g/mol. The zero-order chi connectivity index (χ0) is 15.3. The largest absolute Gasteiger partial charge is 0.508 e. The molecule has 0 spiro atoms. The Morgan fingerprint density at radius 1 is 0.750 bits per heavy atom. The Morgan fingerprint density at radius 3 is 1.70 bits per heavy atom. The van der Waals surface area contributed by atoms with Gasteiger partial charge in [-0.1, -0.05) is 56.7 Å². The first-order valence-electron chi connectivity index (χ1n) is 7.03. The minimum atomic E-state index is 0.174. The first kappa shape index (κ1) is 16.3. The summed E-state index contributed by atoms with van der Waals surface area (Å²) in [6.45, 7) is 12.8. The molecule has 0 bridgehead atoms. The van der Waals surface area contributed by atoms with Gasteiger partial charge in [0.1, 0.15) is 5.75 Å². The Bertz CT molecular complexity index is 545. The lowest BCUT2D eigenvalue weighted by Gasteiger charge is -2.18. The molecule has 0 amide bonds. The van der Waals surface area contributed by atoms with Crippen LogP contribution in [0, 0.1) is 20.8 Å². The highest BCUT2D eigenvalue weighted by atomic mass is 16.3. The molecule has 1 N–H and O–H groups in total. The molecule has 2 rings (SSSR count). The van der Waals surface area contributed by atoms with Gasteiger partial charge in [-0.15, -0.1) is 0 Å². The van der Waals surface area contributed by atoms with E-state index in [1.54, 1.807) is 12.1 Å². The molecule has 0 aliphatic carbocycles. The van der Waals surface area contributed by atoms with Crippen molar-refractivity contribution in [2.45, 2.75) is 47.0 Å². The molecule has 0 heterocycles. The molecular weight excluding hydrogens is 244 g/mol. The molecule has 0 fully saturated rings. The summed E-state index contributed by atoms with van der Waals surface area (Å²) in [6, 6.07) is 13.9. The maximum Gasteiger partial charge on any atom is 0.115 e. The lowest BCUT2D eigenvalue weighted by molar-refractivity contribution is 0.474. The Balaban J connectivity index is 0.000000204. The highest BCUT2D eigenvalue weighted by Gasteiger charge is 2.12. The number of hydrogen-bond acceptors (Lipinski definition) is 1.